The van der Waals surface area contributed by atoms with Gasteiger partial charge in [0.15, 0.2) is 0 Å². The minimum Gasteiger partial charge on any atom is -0.496 e. The van der Waals surface area contributed by atoms with Gasteiger partial charge in [-0.15, -0.1) is 0 Å². The lowest BCUT2D eigenvalue weighted by molar-refractivity contribution is -0.115. The van der Waals surface area contributed by atoms with Crippen LogP contribution in [0, 0.1) is 0 Å². The number of hydrogen-bond donors (Lipinski definition) is 1. The third kappa shape index (κ3) is 4.84. The number of nitrogens with one attached hydrogen (secondary N) is 1. The van der Waals surface area contributed by atoms with Crippen LogP contribution in [-0.2, 0) is 21.2 Å². The zero-order valence-electron chi connectivity index (χ0n) is 15.7. The minimum atomic E-state index is -3.48. The number of piperidine rings is 1. The number of halogens is 1. The molecule has 1 saturated heterocycles. The first-order chi connectivity index (χ1) is 13.4. The predicted molar refractivity (Wildman–Crippen MR) is 109 cm³/mol. The van der Waals surface area contributed by atoms with Gasteiger partial charge in [-0.05, 0) is 55.3 Å². The average Bonchev–Trinajstić information content (AvgIpc) is 2.69. The van der Waals surface area contributed by atoms with Crippen LogP contribution in [0.15, 0.2) is 47.4 Å². The molecule has 1 N–H and O–H groups in total. The van der Waals surface area contributed by atoms with Crippen LogP contribution < -0.4 is 10.1 Å². The quantitative estimate of drug-likeness (QED) is 0.770. The Morgan fingerprint density at radius 1 is 1.11 bits per heavy atom. The smallest absolute Gasteiger partial charge is 0.243 e. The van der Waals surface area contributed by atoms with Gasteiger partial charge in [0.25, 0.3) is 0 Å². The molecule has 0 bridgehead atoms. The fourth-order valence-electron chi connectivity index (χ4n) is 3.23. The number of amides is 1. The summed E-state index contributed by atoms with van der Waals surface area (Å²) in [5, 5.41) is 3.30. The maximum Gasteiger partial charge on any atom is 0.243 e. The summed E-state index contributed by atoms with van der Waals surface area (Å²) < 4.78 is 32.1. The summed E-state index contributed by atoms with van der Waals surface area (Å²) in [6, 6.07) is 11.4. The zero-order chi connectivity index (χ0) is 20.1. The number of benzene rings is 2. The summed E-state index contributed by atoms with van der Waals surface area (Å²) in [6.45, 7) is 1.12. The van der Waals surface area contributed by atoms with Crippen molar-refractivity contribution in [1.29, 1.82) is 0 Å². The monoisotopic (exact) mass is 422 g/mol. The highest BCUT2D eigenvalue weighted by molar-refractivity contribution is 7.89. The number of ether oxygens (including phenoxy) is 1. The Labute approximate surface area is 170 Å². The van der Waals surface area contributed by atoms with E-state index in [1.54, 1.807) is 30.3 Å². The number of anilines is 1. The molecule has 1 aliphatic heterocycles. The number of hydrogen-bond acceptors (Lipinski definition) is 4. The van der Waals surface area contributed by atoms with E-state index >= 15 is 0 Å². The normalized spacial score (nSPS) is 15.2. The van der Waals surface area contributed by atoms with E-state index in [0.717, 1.165) is 19.3 Å². The Morgan fingerprint density at radius 2 is 1.79 bits per heavy atom. The first kappa shape index (κ1) is 20.6. The van der Waals surface area contributed by atoms with Crippen molar-refractivity contribution >= 4 is 33.2 Å². The van der Waals surface area contributed by atoms with Crippen molar-refractivity contribution in [3.63, 3.8) is 0 Å². The molecular formula is C20H23ClN2O4S. The van der Waals surface area contributed by atoms with Crippen LogP contribution in [0.25, 0.3) is 0 Å². The van der Waals surface area contributed by atoms with Crippen LogP contribution >= 0.6 is 11.6 Å². The molecule has 1 fully saturated rings. The van der Waals surface area contributed by atoms with Gasteiger partial charge in [-0.3, -0.25) is 4.79 Å². The molecular weight excluding hydrogens is 400 g/mol. The molecule has 0 radical (unpaired) electrons. The Morgan fingerprint density at radius 3 is 2.43 bits per heavy atom. The molecule has 2 aromatic rings. The highest BCUT2D eigenvalue weighted by Gasteiger charge is 2.25. The van der Waals surface area contributed by atoms with Crippen molar-refractivity contribution in [2.24, 2.45) is 0 Å². The van der Waals surface area contributed by atoms with Crippen molar-refractivity contribution in [1.82, 2.24) is 4.31 Å². The van der Waals surface area contributed by atoms with Gasteiger partial charge in [0, 0.05) is 29.4 Å². The summed E-state index contributed by atoms with van der Waals surface area (Å²) in [5.74, 6) is 0.342. The van der Waals surface area contributed by atoms with Gasteiger partial charge in [0.1, 0.15) is 5.75 Å². The summed E-state index contributed by atoms with van der Waals surface area (Å²) in [6.07, 6.45) is 2.94. The van der Waals surface area contributed by atoms with Gasteiger partial charge in [-0.2, -0.15) is 4.31 Å². The first-order valence-electron chi connectivity index (χ1n) is 9.12. The standard InChI is InChI=1S/C20H23ClN2O4S/c1-27-19-10-5-16(21)13-15(19)14-20(24)22-17-6-8-18(9-7-17)28(25,26)23-11-3-2-4-12-23/h5-10,13H,2-4,11-12,14H2,1H3,(H,22,24). The van der Waals surface area contributed by atoms with Gasteiger partial charge in [-0.1, -0.05) is 18.0 Å². The SMILES string of the molecule is COc1ccc(Cl)cc1CC(=O)Nc1ccc(S(=O)(=O)N2CCCCC2)cc1. The predicted octanol–water partition coefficient (Wildman–Crippen LogP) is 3.70. The van der Waals surface area contributed by atoms with Crippen molar-refractivity contribution in [2.45, 2.75) is 30.6 Å². The van der Waals surface area contributed by atoms with Gasteiger partial charge in [-0.25, -0.2) is 8.42 Å². The molecule has 0 aliphatic carbocycles. The van der Waals surface area contributed by atoms with E-state index < -0.39 is 10.0 Å². The van der Waals surface area contributed by atoms with Gasteiger partial charge in [0.2, 0.25) is 15.9 Å². The number of carbonyl (C=O) groups excluding carboxylic acids is 1. The Kier molecular flexibility index (Phi) is 6.59. The topological polar surface area (TPSA) is 75.7 Å². The number of sulfonamides is 1. The maximum absolute atomic E-state index is 12.7. The zero-order valence-corrected chi connectivity index (χ0v) is 17.2. The summed E-state index contributed by atoms with van der Waals surface area (Å²) >= 11 is 5.99. The van der Waals surface area contributed by atoms with E-state index in [9.17, 15) is 13.2 Å². The van der Waals surface area contributed by atoms with E-state index in [1.807, 2.05) is 0 Å². The third-order valence-corrected chi connectivity index (χ3v) is 6.83. The van der Waals surface area contributed by atoms with E-state index in [4.69, 9.17) is 16.3 Å². The largest absolute Gasteiger partial charge is 0.496 e. The number of carbonyl (C=O) groups is 1. The molecule has 0 atom stereocenters. The minimum absolute atomic E-state index is 0.0948. The molecule has 0 unspecified atom stereocenters. The summed E-state index contributed by atoms with van der Waals surface area (Å²) in [7, 11) is -1.95. The molecule has 3 rings (SSSR count). The van der Waals surface area contributed by atoms with Crippen molar-refractivity contribution in [3.05, 3.63) is 53.1 Å². The second kappa shape index (κ2) is 8.94. The van der Waals surface area contributed by atoms with Gasteiger partial charge >= 0.3 is 0 Å². The van der Waals surface area contributed by atoms with Crippen LogP contribution in [0.4, 0.5) is 5.69 Å². The first-order valence-corrected chi connectivity index (χ1v) is 10.9. The lowest BCUT2D eigenvalue weighted by Gasteiger charge is -2.25. The molecule has 6 nitrogen and oxygen atoms in total. The van der Waals surface area contributed by atoms with Gasteiger partial charge in [0.05, 0.1) is 18.4 Å². The fourth-order valence-corrected chi connectivity index (χ4v) is 4.94. The molecule has 2 aromatic carbocycles. The molecule has 150 valence electrons. The molecule has 0 saturated carbocycles. The average molecular weight is 423 g/mol. The third-order valence-electron chi connectivity index (χ3n) is 4.68. The van der Waals surface area contributed by atoms with Crippen LogP contribution in [0.1, 0.15) is 24.8 Å². The molecule has 28 heavy (non-hydrogen) atoms. The molecule has 0 spiro atoms. The molecule has 1 amide bonds. The van der Waals surface area contributed by atoms with Crippen LogP contribution in [0.5, 0.6) is 5.75 Å². The fraction of sp³-hybridized carbons (Fsp3) is 0.350. The second-order valence-electron chi connectivity index (χ2n) is 6.67. The molecule has 8 heteroatoms. The van der Waals surface area contributed by atoms with E-state index in [-0.39, 0.29) is 17.2 Å². The molecule has 1 aliphatic rings. The number of methoxy groups -OCH3 is 1. The highest BCUT2D eigenvalue weighted by atomic mass is 35.5. The summed E-state index contributed by atoms with van der Waals surface area (Å²) in [5.41, 5.74) is 1.21. The van der Waals surface area contributed by atoms with Crippen LogP contribution in [0.3, 0.4) is 0 Å². The molecule has 0 aromatic heterocycles. The van der Waals surface area contributed by atoms with E-state index in [1.165, 1.54) is 23.5 Å². The number of rotatable bonds is 6. The van der Waals surface area contributed by atoms with Crippen molar-refractivity contribution < 1.29 is 17.9 Å². The molecule has 1 heterocycles. The van der Waals surface area contributed by atoms with Crippen molar-refractivity contribution in [2.75, 3.05) is 25.5 Å². The van der Waals surface area contributed by atoms with E-state index in [0.29, 0.717) is 35.1 Å². The second-order valence-corrected chi connectivity index (χ2v) is 9.04. The highest BCUT2D eigenvalue weighted by Crippen LogP contribution is 2.24. The number of nitrogens with zero attached hydrogens (tertiary/aromatic N) is 1. The lowest BCUT2D eigenvalue weighted by Crippen LogP contribution is -2.35. The van der Waals surface area contributed by atoms with Crippen LogP contribution in [0.2, 0.25) is 5.02 Å². The van der Waals surface area contributed by atoms with E-state index in [2.05, 4.69) is 5.32 Å². The lowest BCUT2D eigenvalue weighted by atomic mass is 10.1. The Bertz CT molecular complexity index is 939. The van der Waals surface area contributed by atoms with Crippen LogP contribution in [-0.4, -0.2) is 38.8 Å². The Balaban J connectivity index is 1.67. The maximum atomic E-state index is 12.7. The van der Waals surface area contributed by atoms with Gasteiger partial charge < -0.3 is 10.1 Å². The summed E-state index contributed by atoms with van der Waals surface area (Å²) in [4.78, 5) is 12.6. The Hall–Kier alpha value is -2.09. The van der Waals surface area contributed by atoms with Crippen molar-refractivity contribution in [3.8, 4) is 5.75 Å².